The molecule has 4 heteroatoms. The van der Waals surface area contributed by atoms with Crippen LogP contribution in [0.4, 0.5) is 4.79 Å². The molecule has 0 atom stereocenters. The lowest BCUT2D eigenvalue weighted by atomic mass is 9.91. The highest BCUT2D eigenvalue weighted by molar-refractivity contribution is 5.68. The van der Waals surface area contributed by atoms with E-state index in [9.17, 15) is 4.79 Å². The largest absolute Gasteiger partial charge is 0.444 e. The summed E-state index contributed by atoms with van der Waals surface area (Å²) in [5, 5.41) is 6.63. The average molecular weight is 298 g/mol. The molecule has 0 saturated heterocycles. The van der Waals surface area contributed by atoms with Crippen LogP contribution in [0.1, 0.15) is 73.1 Å². The molecular formula is C17H34N2O2. The molecule has 2 N–H and O–H groups in total. The molecule has 1 aliphatic rings. The van der Waals surface area contributed by atoms with Gasteiger partial charge in [-0.25, -0.2) is 4.79 Å². The minimum Gasteiger partial charge on any atom is -0.444 e. The van der Waals surface area contributed by atoms with Crippen molar-refractivity contribution in [3.63, 3.8) is 0 Å². The summed E-state index contributed by atoms with van der Waals surface area (Å²) >= 11 is 0. The van der Waals surface area contributed by atoms with Gasteiger partial charge in [-0.1, -0.05) is 13.8 Å². The Morgan fingerprint density at radius 1 is 1.14 bits per heavy atom. The van der Waals surface area contributed by atoms with Crippen molar-refractivity contribution >= 4 is 6.09 Å². The van der Waals surface area contributed by atoms with Crippen LogP contribution in [0.2, 0.25) is 0 Å². The molecule has 1 aliphatic carbocycles. The molecule has 4 nitrogen and oxygen atoms in total. The molecule has 0 aromatic carbocycles. The minimum atomic E-state index is -0.417. The molecule has 0 aliphatic heterocycles. The molecule has 0 unspecified atom stereocenters. The normalized spacial score (nSPS) is 23.1. The third kappa shape index (κ3) is 8.97. The Balaban J connectivity index is 2.13. The summed E-state index contributed by atoms with van der Waals surface area (Å²) in [6, 6.07) is 0.891. The van der Waals surface area contributed by atoms with Gasteiger partial charge < -0.3 is 15.4 Å². The summed E-state index contributed by atoms with van der Waals surface area (Å²) in [5.74, 6) is 0.792. The molecule has 0 aromatic heterocycles. The van der Waals surface area contributed by atoms with E-state index in [4.69, 9.17) is 4.74 Å². The molecule has 0 bridgehead atoms. The summed E-state index contributed by atoms with van der Waals surface area (Å²) in [7, 11) is 0. The molecule has 21 heavy (non-hydrogen) atoms. The van der Waals surface area contributed by atoms with Crippen molar-refractivity contribution in [2.75, 3.05) is 6.54 Å². The van der Waals surface area contributed by atoms with Crippen molar-refractivity contribution < 1.29 is 9.53 Å². The topological polar surface area (TPSA) is 50.4 Å². The maximum Gasteiger partial charge on any atom is 0.407 e. The second kappa shape index (κ2) is 8.62. The molecule has 1 fully saturated rings. The van der Waals surface area contributed by atoms with E-state index in [1.165, 1.54) is 12.8 Å². The van der Waals surface area contributed by atoms with Crippen molar-refractivity contribution in [1.82, 2.24) is 10.6 Å². The maximum absolute atomic E-state index is 11.7. The van der Waals surface area contributed by atoms with Gasteiger partial charge in [-0.3, -0.25) is 0 Å². The highest BCUT2D eigenvalue weighted by Crippen LogP contribution is 2.19. The first-order chi connectivity index (χ1) is 9.76. The number of carbonyl (C=O) groups is 1. The number of amides is 1. The predicted octanol–water partition coefficient (Wildman–Crippen LogP) is 3.85. The first kappa shape index (κ1) is 18.3. The van der Waals surface area contributed by atoms with Gasteiger partial charge >= 0.3 is 6.09 Å². The Hall–Kier alpha value is -0.770. The highest BCUT2D eigenvalue weighted by Gasteiger charge is 2.24. The van der Waals surface area contributed by atoms with Gasteiger partial charge in [-0.05, 0) is 71.8 Å². The third-order valence-corrected chi connectivity index (χ3v) is 3.84. The second-order valence-corrected chi connectivity index (χ2v) is 7.68. The second-order valence-electron chi connectivity index (χ2n) is 7.68. The molecule has 1 saturated carbocycles. The van der Waals surface area contributed by atoms with Crippen LogP contribution in [0.3, 0.4) is 0 Å². The fourth-order valence-corrected chi connectivity index (χ4v) is 2.73. The fourth-order valence-electron chi connectivity index (χ4n) is 2.73. The Labute approximate surface area is 130 Å². The quantitative estimate of drug-likeness (QED) is 0.732. The van der Waals surface area contributed by atoms with Crippen molar-refractivity contribution in [1.29, 1.82) is 0 Å². The smallest absolute Gasteiger partial charge is 0.407 e. The zero-order valence-corrected chi connectivity index (χ0v) is 14.5. The van der Waals surface area contributed by atoms with Crippen LogP contribution in [0.5, 0.6) is 0 Å². The molecular weight excluding hydrogens is 264 g/mol. The third-order valence-electron chi connectivity index (χ3n) is 3.84. The van der Waals surface area contributed by atoms with E-state index < -0.39 is 5.60 Å². The highest BCUT2D eigenvalue weighted by atomic mass is 16.6. The first-order valence-electron chi connectivity index (χ1n) is 8.49. The number of nitrogens with one attached hydrogen (secondary N) is 2. The Bertz CT molecular complexity index is 302. The molecule has 0 aromatic rings. The summed E-state index contributed by atoms with van der Waals surface area (Å²) < 4.78 is 5.30. The fraction of sp³-hybridized carbons (Fsp3) is 0.941. The van der Waals surface area contributed by atoms with Gasteiger partial charge in [0.05, 0.1) is 0 Å². The first-order valence-corrected chi connectivity index (χ1v) is 8.49. The standard InChI is InChI=1S/C17H34N2O2/c1-13(2)7-6-12-18-14-8-10-15(11-9-14)19-16(20)21-17(3,4)5/h13-15,18H,6-12H2,1-5H3,(H,19,20). The van der Waals surface area contributed by atoms with Gasteiger partial charge in [0.25, 0.3) is 0 Å². The van der Waals surface area contributed by atoms with Crippen LogP contribution in [-0.2, 0) is 4.74 Å². The van der Waals surface area contributed by atoms with Crippen molar-refractivity contribution in [2.45, 2.75) is 90.8 Å². The number of hydrogen-bond acceptors (Lipinski definition) is 3. The van der Waals surface area contributed by atoms with Gasteiger partial charge in [0.15, 0.2) is 0 Å². The van der Waals surface area contributed by atoms with E-state index >= 15 is 0 Å². The van der Waals surface area contributed by atoms with Gasteiger partial charge in [0, 0.05) is 12.1 Å². The van der Waals surface area contributed by atoms with E-state index in [0.29, 0.717) is 6.04 Å². The lowest BCUT2D eigenvalue weighted by molar-refractivity contribution is 0.0490. The van der Waals surface area contributed by atoms with Crippen LogP contribution in [0.15, 0.2) is 0 Å². The number of rotatable bonds is 6. The van der Waals surface area contributed by atoms with E-state index in [2.05, 4.69) is 24.5 Å². The summed E-state index contributed by atoms with van der Waals surface area (Å²) in [5.41, 5.74) is -0.417. The monoisotopic (exact) mass is 298 g/mol. The van der Waals surface area contributed by atoms with Crippen LogP contribution in [0, 0.1) is 5.92 Å². The van der Waals surface area contributed by atoms with Gasteiger partial charge in [-0.2, -0.15) is 0 Å². The van der Waals surface area contributed by atoms with Gasteiger partial charge in [-0.15, -0.1) is 0 Å². The Morgan fingerprint density at radius 3 is 2.24 bits per heavy atom. The van der Waals surface area contributed by atoms with Crippen LogP contribution < -0.4 is 10.6 Å². The lowest BCUT2D eigenvalue weighted by Crippen LogP contribution is -2.44. The SMILES string of the molecule is CC(C)CCCNC1CCC(NC(=O)OC(C)(C)C)CC1. The molecule has 124 valence electrons. The Kier molecular flexibility index (Phi) is 7.50. The van der Waals surface area contributed by atoms with E-state index in [-0.39, 0.29) is 12.1 Å². The van der Waals surface area contributed by atoms with Crippen LogP contribution in [0.25, 0.3) is 0 Å². The zero-order valence-electron chi connectivity index (χ0n) is 14.5. The van der Waals surface area contributed by atoms with Crippen LogP contribution >= 0.6 is 0 Å². The van der Waals surface area contributed by atoms with Crippen molar-refractivity contribution in [3.8, 4) is 0 Å². The minimum absolute atomic E-state index is 0.272. The summed E-state index contributed by atoms with van der Waals surface area (Å²) in [4.78, 5) is 11.7. The number of hydrogen-bond donors (Lipinski definition) is 2. The van der Waals surface area contributed by atoms with E-state index in [0.717, 1.165) is 38.1 Å². The van der Waals surface area contributed by atoms with E-state index in [1.54, 1.807) is 0 Å². The molecule has 0 radical (unpaired) electrons. The van der Waals surface area contributed by atoms with E-state index in [1.807, 2.05) is 20.8 Å². The summed E-state index contributed by atoms with van der Waals surface area (Å²) in [6.45, 7) is 11.3. The van der Waals surface area contributed by atoms with Crippen molar-refractivity contribution in [3.05, 3.63) is 0 Å². The average Bonchev–Trinajstić information content (AvgIpc) is 2.34. The predicted molar refractivity (Wildman–Crippen MR) is 87.5 cm³/mol. The summed E-state index contributed by atoms with van der Waals surface area (Å²) in [6.07, 6.45) is 6.64. The number of carbonyl (C=O) groups excluding carboxylic acids is 1. The van der Waals surface area contributed by atoms with Crippen LogP contribution in [-0.4, -0.2) is 30.3 Å². The number of ether oxygens (including phenoxy) is 1. The van der Waals surface area contributed by atoms with Gasteiger partial charge in [0.1, 0.15) is 5.60 Å². The lowest BCUT2D eigenvalue weighted by Gasteiger charge is -2.30. The zero-order chi connectivity index (χ0) is 15.9. The molecule has 0 spiro atoms. The number of alkyl carbamates (subject to hydrolysis) is 1. The molecule has 1 rings (SSSR count). The van der Waals surface area contributed by atoms with Gasteiger partial charge in [0.2, 0.25) is 0 Å². The Morgan fingerprint density at radius 2 is 1.71 bits per heavy atom. The molecule has 0 heterocycles. The molecule has 1 amide bonds. The maximum atomic E-state index is 11.7. The van der Waals surface area contributed by atoms with Crippen molar-refractivity contribution in [2.24, 2.45) is 5.92 Å².